The van der Waals surface area contributed by atoms with Crippen molar-refractivity contribution in [1.29, 1.82) is 0 Å². The third-order valence-electron chi connectivity index (χ3n) is 3.54. The molecule has 2 heterocycles. The maximum atomic E-state index is 5.70. The molecule has 1 aromatic heterocycles. The van der Waals surface area contributed by atoms with Crippen LogP contribution in [0.25, 0.3) is 0 Å². The molecule has 0 radical (unpaired) electrons. The molecule has 1 N–H and O–H groups in total. The lowest BCUT2D eigenvalue weighted by atomic mass is 10.1. The lowest BCUT2D eigenvalue weighted by Gasteiger charge is -2.38. The molecule has 0 spiro atoms. The van der Waals surface area contributed by atoms with Gasteiger partial charge >= 0.3 is 0 Å². The molecule has 2 unspecified atom stereocenters. The lowest BCUT2D eigenvalue weighted by Crippen LogP contribution is -2.48. The van der Waals surface area contributed by atoms with Gasteiger partial charge in [0.15, 0.2) is 0 Å². The van der Waals surface area contributed by atoms with E-state index in [0.717, 1.165) is 37.6 Å². The summed E-state index contributed by atoms with van der Waals surface area (Å²) in [5.41, 5.74) is 1.22. The van der Waals surface area contributed by atoms with E-state index in [9.17, 15) is 0 Å². The number of anilines is 2. The summed E-state index contributed by atoms with van der Waals surface area (Å²) in [5.74, 6) is 2.00. The molecule has 1 fully saturated rings. The highest BCUT2D eigenvalue weighted by Crippen LogP contribution is 2.28. The van der Waals surface area contributed by atoms with Crippen molar-refractivity contribution < 1.29 is 4.74 Å². The minimum atomic E-state index is 0.249. The van der Waals surface area contributed by atoms with Crippen LogP contribution in [0.4, 0.5) is 11.6 Å². The van der Waals surface area contributed by atoms with Crippen molar-refractivity contribution in [3.63, 3.8) is 0 Å². The van der Waals surface area contributed by atoms with E-state index in [1.165, 1.54) is 5.56 Å². The smallest absolute Gasteiger partial charge is 0.137 e. The maximum Gasteiger partial charge on any atom is 0.137 e. The Morgan fingerprint density at radius 3 is 2.89 bits per heavy atom. The van der Waals surface area contributed by atoms with E-state index >= 15 is 0 Å². The summed E-state index contributed by atoms with van der Waals surface area (Å²) in [7, 11) is 1.91. The first kappa shape index (κ1) is 14.1. The number of rotatable bonds is 4. The zero-order valence-corrected chi connectivity index (χ0v) is 12.3. The highest BCUT2D eigenvalue weighted by atomic mass is 16.5. The highest BCUT2D eigenvalue weighted by molar-refractivity contribution is 5.59. The Balaban J connectivity index is 2.36. The number of nitrogens with zero attached hydrogens (tertiary/aromatic N) is 3. The van der Waals surface area contributed by atoms with E-state index in [0.29, 0.717) is 6.04 Å². The van der Waals surface area contributed by atoms with Gasteiger partial charge in [-0.05, 0) is 20.3 Å². The van der Waals surface area contributed by atoms with E-state index < -0.39 is 0 Å². The van der Waals surface area contributed by atoms with Gasteiger partial charge in [-0.1, -0.05) is 13.3 Å². The van der Waals surface area contributed by atoms with Crippen LogP contribution >= 0.6 is 0 Å². The molecule has 1 aliphatic heterocycles. The number of hydrogen-bond acceptors (Lipinski definition) is 5. The average Bonchev–Trinajstić information content (AvgIpc) is 2.42. The van der Waals surface area contributed by atoms with Crippen molar-refractivity contribution in [3.8, 4) is 0 Å². The van der Waals surface area contributed by atoms with Crippen LogP contribution in [-0.4, -0.2) is 42.3 Å². The summed E-state index contributed by atoms with van der Waals surface area (Å²) >= 11 is 0. The van der Waals surface area contributed by atoms with E-state index in [1.54, 1.807) is 6.33 Å². The first-order valence-electron chi connectivity index (χ1n) is 7.07. The number of aromatic nitrogens is 2. The van der Waals surface area contributed by atoms with Crippen molar-refractivity contribution in [2.24, 2.45) is 0 Å². The van der Waals surface area contributed by atoms with Gasteiger partial charge in [-0.3, -0.25) is 0 Å². The van der Waals surface area contributed by atoms with Crippen molar-refractivity contribution in [1.82, 2.24) is 9.97 Å². The molecule has 1 aliphatic rings. The Bertz CT molecular complexity index is 424. The summed E-state index contributed by atoms with van der Waals surface area (Å²) in [6, 6.07) is 0.353. The van der Waals surface area contributed by atoms with Crippen LogP contribution in [0.1, 0.15) is 32.8 Å². The summed E-state index contributed by atoms with van der Waals surface area (Å²) in [6.07, 6.45) is 3.97. The van der Waals surface area contributed by atoms with Crippen molar-refractivity contribution >= 4 is 11.6 Å². The largest absolute Gasteiger partial charge is 0.375 e. The Morgan fingerprint density at radius 1 is 1.42 bits per heavy atom. The third kappa shape index (κ3) is 2.97. The van der Waals surface area contributed by atoms with Crippen molar-refractivity contribution in [2.45, 2.75) is 45.8 Å². The maximum absolute atomic E-state index is 5.70. The fourth-order valence-corrected chi connectivity index (χ4v) is 2.54. The number of nitrogens with one attached hydrogen (secondary N) is 1. The molecule has 0 aromatic carbocycles. The van der Waals surface area contributed by atoms with E-state index in [4.69, 9.17) is 4.74 Å². The normalized spacial score (nSPS) is 23.5. The molecule has 1 saturated heterocycles. The molecular formula is C14H24N4O. The van der Waals surface area contributed by atoms with Gasteiger partial charge in [0, 0.05) is 19.2 Å². The van der Waals surface area contributed by atoms with Crippen LogP contribution in [0.2, 0.25) is 0 Å². The monoisotopic (exact) mass is 264 g/mol. The van der Waals surface area contributed by atoms with Crippen LogP contribution in [-0.2, 0) is 11.2 Å². The Hall–Kier alpha value is -1.36. The zero-order chi connectivity index (χ0) is 13.8. The van der Waals surface area contributed by atoms with Gasteiger partial charge in [-0.2, -0.15) is 0 Å². The van der Waals surface area contributed by atoms with Crippen molar-refractivity contribution in [3.05, 3.63) is 11.9 Å². The second kappa shape index (κ2) is 6.19. The van der Waals surface area contributed by atoms with E-state index in [-0.39, 0.29) is 6.10 Å². The van der Waals surface area contributed by atoms with Gasteiger partial charge in [0.25, 0.3) is 0 Å². The standard InChI is InChI=1S/C14H24N4O/c1-5-6-12-13(15-4)16-9-17-14(12)18-7-11(3)19-8-10(18)2/h9-11H,5-8H2,1-4H3,(H,15,16,17). The molecule has 106 valence electrons. The van der Waals surface area contributed by atoms with Crippen LogP contribution < -0.4 is 10.2 Å². The molecule has 1 aromatic rings. The topological polar surface area (TPSA) is 50.3 Å². The third-order valence-corrected chi connectivity index (χ3v) is 3.54. The Kier molecular flexibility index (Phi) is 4.58. The highest BCUT2D eigenvalue weighted by Gasteiger charge is 2.27. The summed E-state index contributed by atoms with van der Waals surface area (Å²) < 4.78 is 5.70. The predicted molar refractivity (Wildman–Crippen MR) is 77.8 cm³/mol. The van der Waals surface area contributed by atoms with Crippen molar-refractivity contribution in [2.75, 3.05) is 30.4 Å². The molecule has 0 aliphatic carbocycles. The Morgan fingerprint density at radius 2 is 2.21 bits per heavy atom. The zero-order valence-electron chi connectivity index (χ0n) is 12.3. The van der Waals surface area contributed by atoms with E-state index in [1.807, 2.05) is 7.05 Å². The summed E-state index contributed by atoms with van der Waals surface area (Å²) in [4.78, 5) is 11.2. The van der Waals surface area contributed by atoms with Gasteiger partial charge in [0.05, 0.1) is 18.8 Å². The molecular weight excluding hydrogens is 240 g/mol. The fourth-order valence-electron chi connectivity index (χ4n) is 2.54. The minimum Gasteiger partial charge on any atom is -0.375 e. The average molecular weight is 264 g/mol. The predicted octanol–water partition coefficient (Wildman–Crippen LogP) is 2.08. The first-order valence-corrected chi connectivity index (χ1v) is 7.07. The molecule has 19 heavy (non-hydrogen) atoms. The lowest BCUT2D eigenvalue weighted by molar-refractivity contribution is 0.0340. The van der Waals surface area contributed by atoms with Crippen LogP contribution in [0.15, 0.2) is 6.33 Å². The van der Waals surface area contributed by atoms with Crippen LogP contribution in [0.5, 0.6) is 0 Å². The van der Waals surface area contributed by atoms with E-state index in [2.05, 4.69) is 41.0 Å². The molecule has 0 amide bonds. The first-order chi connectivity index (χ1) is 9.17. The number of morpholine rings is 1. The summed E-state index contributed by atoms with van der Waals surface area (Å²) in [5, 5.41) is 3.18. The molecule has 5 nitrogen and oxygen atoms in total. The summed E-state index contributed by atoms with van der Waals surface area (Å²) in [6.45, 7) is 8.12. The van der Waals surface area contributed by atoms with Crippen LogP contribution in [0, 0.1) is 0 Å². The van der Waals surface area contributed by atoms with Gasteiger partial charge in [0.1, 0.15) is 18.0 Å². The quantitative estimate of drug-likeness (QED) is 0.902. The number of hydrogen-bond donors (Lipinski definition) is 1. The van der Waals surface area contributed by atoms with Gasteiger partial charge in [0.2, 0.25) is 0 Å². The molecule has 2 atom stereocenters. The molecule has 5 heteroatoms. The van der Waals surface area contributed by atoms with Gasteiger partial charge in [-0.15, -0.1) is 0 Å². The SMILES string of the molecule is CCCc1c(NC)ncnc1N1CC(C)OCC1C. The van der Waals surface area contributed by atoms with Gasteiger partial charge in [-0.25, -0.2) is 9.97 Å². The molecule has 0 bridgehead atoms. The second-order valence-corrected chi connectivity index (χ2v) is 5.17. The minimum absolute atomic E-state index is 0.249. The van der Waals surface area contributed by atoms with Gasteiger partial charge < -0.3 is 15.0 Å². The second-order valence-electron chi connectivity index (χ2n) is 5.17. The molecule has 2 rings (SSSR count). The van der Waals surface area contributed by atoms with Crippen LogP contribution in [0.3, 0.4) is 0 Å². The fraction of sp³-hybridized carbons (Fsp3) is 0.714. The molecule has 0 saturated carbocycles. The number of ether oxygens (including phenoxy) is 1. The Labute approximate surface area is 115 Å².